The lowest BCUT2D eigenvalue weighted by Crippen LogP contribution is -2.46. The number of hydrogen-bond donors (Lipinski definition) is 3. The zero-order valence-electron chi connectivity index (χ0n) is 12.8. The van der Waals surface area contributed by atoms with Gasteiger partial charge in [-0.15, -0.1) is 0 Å². The molecule has 0 bridgehead atoms. The van der Waals surface area contributed by atoms with E-state index in [1.165, 1.54) is 6.07 Å². The monoisotopic (exact) mass is 310 g/mol. The van der Waals surface area contributed by atoms with Gasteiger partial charge in [-0.2, -0.15) is 0 Å². The number of ether oxygens (including phenoxy) is 1. The Labute approximate surface area is 129 Å². The summed E-state index contributed by atoms with van der Waals surface area (Å²) in [5.74, 6) is -0.264. The van der Waals surface area contributed by atoms with Gasteiger partial charge < -0.3 is 20.5 Å². The fourth-order valence-corrected chi connectivity index (χ4v) is 2.55. The van der Waals surface area contributed by atoms with Crippen molar-refractivity contribution in [3.63, 3.8) is 0 Å². The molecule has 1 aliphatic rings. The first-order chi connectivity index (χ1) is 10.5. The summed E-state index contributed by atoms with van der Waals surface area (Å²) in [6, 6.07) is 5.79. The molecule has 0 radical (unpaired) electrons. The van der Waals surface area contributed by atoms with Crippen molar-refractivity contribution in [2.45, 2.75) is 44.3 Å². The number of amides is 2. The largest absolute Gasteiger partial charge is 0.486 e. The number of para-hydroxylation sites is 1. The van der Waals surface area contributed by atoms with Crippen molar-refractivity contribution in [1.82, 2.24) is 10.6 Å². The van der Waals surface area contributed by atoms with Gasteiger partial charge in [0, 0.05) is 6.54 Å². The van der Waals surface area contributed by atoms with Gasteiger partial charge in [-0.25, -0.2) is 9.18 Å². The predicted molar refractivity (Wildman–Crippen MR) is 81.3 cm³/mol. The first-order valence-corrected chi connectivity index (χ1v) is 7.64. The highest BCUT2D eigenvalue weighted by atomic mass is 19.1. The standard InChI is InChI=1S/C16H23FN2O3/c1-12(22-14-7-3-2-6-13(14)17)10-18-15(20)19-11-16(21)8-4-5-9-16/h2-3,6-7,12,21H,4-5,8-11H2,1H3,(H2,18,19,20). The van der Waals surface area contributed by atoms with Crippen LogP contribution in [-0.4, -0.2) is 35.9 Å². The van der Waals surface area contributed by atoms with Gasteiger partial charge in [0.15, 0.2) is 11.6 Å². The summed E-state index contributed by atoms with van der Waals surface area (Å²) in [6.07, 6.45) is 3.07. The Morgan fingerprint density at radius 2 is 2.05 bits per heavy atom. The number of halogens is 1. The second kappa shape index (κ2) is 7.45. The highest BCUT2D eigenvalue weighted by Gasteiger charge is 2.31. The Kier molecular flexibility index (Phi) is 5.60. The number of nitrogens with one attached hydrogen (secondary N) is 2. The summed E-state index contributed by atoms with van der Waals surface area (Å²) in [5, 5.41) is 15.5. The number of benzene rings is 1. The molecule has 0 saturated heterocycles. The van der Waals surface area contributed by atoms with Gasteiger partial charge >= 0.3 is 6.03 Å². The molecule has 1 aromatic rings. The minimum atomic E-state index is -0.771. The Hall–Kier alpha value is -1.82. The van der Waals surface area contributed by atoms with E-state index in [1.54, 1.807) is 25.1 Å². The number of carbonyl (C=O) groups is 1. The van der Waals surface area contributed by atoms with E-state index in [-0.39, 0.29) is 31.0 Å². The van der Waals surface area contributed by atoms with Crippen molar-refractivity contribution in [3.8, 4) is 5.75 Å². The van der Waals surface area contributed by atoms with Crippen LogP contribution in [0.1, 0.15) is 32.6 Å². The molecule has 22 heavy (non-hydrogen) atoms. The Morgan fingerprint density at radius 3 is 2.73 bits per heavy atom. The van der Waals surface area contributed by atoms with Crippen LogP contribution in [0.4, 0.5) is 9.18 Å². The van der Waals surface area contributed by atoms with Gasteiger partial charge in [-0.3, -0.25) is 0 Å². The molecule has 2 amide bonds. The lowest BCUT2D eigenvalue weighted by molar-refractivity contribution is 0.0500. The maximum Gasteiger partial charge on any atom is 0.315 e. The van der Waals surface area contributed by atoms with E-state index in [2.05, 4.69) is 10.6 Å². The smallest absolute Gasteiger partial charge is 0.315 e. The topological polar surface area (TPSA) is 70.6 Å². The van der Waals surface area contributed by atoms with Crippen LogP contribution in [0, 0.1) is 5.82 Å². The molecule has 0 heterocycles. The lowest BCUT2D eigenvalue weighted by Gasteiger charge is -2.23. The third-order valence-electron chi connectivity index (χ3n) is 3.83. The minimum absolute atomic E-state index is 0.164. The normalized spacial score (nSPS) is 17.8. The average Bonchev–Trinajstić information content (AvgIpc) is 2.93. The first-order valence-electron chi connectivity index (χ1n) is 7.64. The molecule has 3 N–H and O–H groups in total. The number of aliphatic hydroxyl groups is 1. The van der Waals surface area contributed by atoms with E-state index in [0.717, 1.165) is 25.7 Å². The Bertz CT molecular complexity index is 504. The third-order valence-corrected chi connectivity index (χ3v) is 3.83. The van der Waals surface area contributed by atoms with Crippen LogP contribution in [0.15, 0.2) is 24.3 Å². The summed E-state index contributed by atoms with van der Waals surface area (Å²) in [4.78, 5) is 11.7. The van der Waals surface area contributed by atoms with Crippen molar-refractivity contribution >= 4 is 6.03 Å². The molecule has 1 unspecified atom stereocenters. The summed E-state index contributed by atoms with van der Waals surface area (Å²) in [5.41, 5.74) is -0.771. The van der Waals surface area contributed by atoms with E-state index in [4.69, 9.17) is 4.74 Å². The average molecular weight is 310 g/mol. The maximum absolute atomic E-state index is 13.4. The summed E-state index contributed by atoms with van der Waals surface area (Å²) in [6.45, 7) is 2.25. The number of hydrogen-bond acceptors (Lipinski definition) is 3. The van der Waals surface area contributed by atoms with Crippen LogP contribution in [0.3, 0.4) is 0 Å². The van der Waals surface area contributed by atoms with Crippen molar-refractivity contribution in [2.75, 3.05) is 13.1 Å². The third kappa shape index (κ3) is 4.87. The van der Waals surface area contributed by atoms with E-state index >= 15 is 0 Å². The Morgan fingerprint density at radius 1 is 1.36 bits per heavy atom. The highest BCUT2D eigenvalue weighted by Crippen LogP contribution is 2.28. The van der Waals surface area contributed by atoms with Crippen LogP contribution in [0.25, 0.3) is 0 Å². The predicted octanol–water partition coefficient (Wildman–Crippen LogP) is 2.20. The van der Waals surface area contributed by atoms with Gasteiger partial charge in [0.25, 0.3) is 0 Å². The van der Waals surface area contributed by atoms with Crippen LogP contribution in [0.2, 0.25) is 0 Å². The molecule has 5 nitrogen and oxygen atoms in total. The van der Waals surface area contributed by atoms with Crippen molar-refractivity contribution in [1.29, 1.82) is 0 Å². The fraction of sp³-hybridized carbons (Fsp3) is 0.562. The van der Waals surface area contributed by atoms with Gasteiger partial charge in [0.05, 0.1) is 12.1 Å². The summed E-state index contributed by atoms with van der Waals surface area (Å²) >= 11 is 0. The minimum Gasteiger partial charge on any atom is -0.486 e. The van der Waals surface area contributed by atoms with Crippen molar-refractivity contribution in [2.24, 2.45) is 0 Å². The van der Waals surface area contributed by atoms with E-state index in [9.17, 15) is 14.3 Å². The quantitative estimate of drug-likeness (QED) is 0.754. The molecular formula is C16H23FN2O3. The van der Waals surface area contributed by atoms with Gasteiger partial charge in [0.2, 0.25) is 0 Å². The van der Waals surface area contributed by atoms with Gasteiger partial charge in [-0.1, -0.05) is 25.0 Å². The van der Waals surface area contributed by atoms with Gasteiger partial charge in [-0.05, 0) is 31.9 Å². The molecule has 0 aliphatic heterocycles. The molecule has 1 saturated carbocycles. The molecule has 122 valence electrons. The maximum atomic E-state index is 13.4. The van der Waals surface area contributed by atoms with Crippen LogP contribution in [0.5, 0.6) is 5.75 Å². The molecule has 1 atom stereocenters. The summed E-state index contributed by atoms with van der Waals surface area (Å²) < 4.78 is 18.9. The first kappa shape index (κ1) is 16.5. The van der Waals surface area contributed by atoms with Crippen molar-refractivity contribution < 1.29 is 19.0 Å². The molecule has 0 aromatic heterocycles. The van der Waals surface area contributed by atoms with Crippen LogP contribution >= 0.6 is 0 Å². The molecule has 2 rings (SSSR count). The second-order valence-corrected chi connectivity index (χ2v) is 5.85. The molecule has 1 aromatic carbocycles. The number of carbonyl (C=O) groups excluding carboxylic acids is 1. The molecule has 0 spiro atoms. The molecular weight excluding hydrogens is 287 g/mol. The fourth-order valence-electron chi connectivity index (χ4n) is 2.55. The zero-order chi connectivity index (χ0) is 16.0. The van der Waals surface area contributed by atoms with Gasteiger partial charge in [0.1, 0.15) is 6.10 Å². The second-order valence-electron chi connectivity index (χ2n) is 5.85. The van der Waals surface area contributed by atoms with E-state index in [1.807, 2.05) is 0 Å². The summed E-state index contributed by atoms with van der Waals surface area (Å²) in [7, 11) is 0. The van der Waals surface area contributed by atoms with Crippen LogP contribution in [-0.2, 0) is 0 Å². The molecule has 1 fully saturated rings. The number of rotatable bonds is 6. The van der Waals surface area contributed by atoms with Crippen LogP contribution < -0.4 is 15.4 Å². The SMILES string of the molecule is CC(CNC(=O)NCC1(O)CCCC1)Oc1ccccc1F. The highest BCUT2D eigenvalue weighted by molar-refractivity contribution is 5.73. The van der Waals surface area contributed by atoms with E-state index < -0.39 is 11.4 Å². The number of urea groups is 1. The van der Waals surface area contributed by atoms with E-state index in [0.29, 0.717) is 0 Å². The Balaban J connectivity index is 1.68. The zero-order valence-corrected chi connectivity index (χ0v) is 12.8. The molecule has 6 heteroatoms. The van der Waals surface area contributed by atoms with Crippen molar-refractivity contribution in [3.05, 3.63) is 30.1 Å². The lowest BCUT2D eigenvalue weighted by atomic mass is 10.0. The molecule has 1 aliphatic carbocycles.